The fourth-order valence-corrected chi connectivity index (χ4v) is 0.416. The number of carbonyl (C=O) groups is 1. The molecule has 3 nitrogen and oxygen atoms in total. The number of hydrogen-bond donors (Lipinski definition) is 1. The third-order valence-electron chi connectivity index (χ3n) is 0.611. The number of rotatable bonds is 3. The predicted octanol–water partition coefficient (Wildman–Crippen LogP) is 2.06. The van der Waals surface area contributed by atoms with Crippen LogP contribution in [0.15, 0.2) is 0 Å². The second-order valence-electron chi connectivity index (χ2n) is 1.48. The molecule has 0 aromatic rings. The van der Waals surface area contributed by atoms with Crippen LogP contribution in [0.5, 0.6) is 0 Å². The summed E-state index contributed by atoms with van der Waals surface area (Å²) in [6.45, 7) is -0.506. The Hall–Kier alpha value is -0.390. The van der Waals surface area contributed by atoms with E-state index in [0.717, 1.165) is 0 Å². The second-order valence-corrected chi connectivity index (χ2v) is 2.64. The van der Waals surface area contributed by atoms with Gasteiger partial charge in [0.25, 0.3) is 0 Å². The Morgan fingerprint density at radius 3 is 2.50 bits per heavy atom. The van der Waals surface area contributed by atoms with Crippen molar-refractivity contribution in [3.63, 3.8) is 0 Å². The molecule has 0 amide bonds. The molecule has 0 radical (unpaired) electrons. The minimum atomic E-state index is -3.04. The highest BCUT2D eigenvalue weighted by molar-refractivity contribution is 9.09. The van der Waals surface area contributed by atoms with Gasteiger partial charge in [0.1, 0.15) is 6.61 Å². The van der Waals surface area contributed by atoms with E-state index in [1.54, 1.807) is 0 Å². The lowest BCUT2D eigenvalue weighted by atomic mass is 10.5. The van der Waals surface area contributed by atoms with E-state index in [0.29, 0.717) is 0 Å². The highest BCUT2D eigenvalue weighted by Crippen LogP contribution is 2.25. The summed E-state index contributed by atoms with van der Waals surface area (Å²) in [7, 11) is 0. The molecule has 0 unspecified atom stereocenters. The van der Waals surface area contributed by atoms with Crippen molar-refractivity contribution in [2.24, 2.45) is 0 Å². The van der Waals surface area contributed by atoms with E-state index in [9.17, 15) is 13.6 Å². The van der Waals surface area contributed by atoms with Gasteiger partial charge in [0, 0.05) is 0 Å². The molecule has 0 fully saturated rings. The van der Waals surface area contributed by atoms with E-state index in [1.807, 2.05) is 15.9 Å². The SMILES string of the molecule is O=C(O)OCCC(F)(F)Br. The van der Waals surface area contributed by atoms with Crippen molar-refractivity contribution in [3.05, 3.63) is 0 Å². The first kappa shape index (κ1) is 9.61. The molecule has 0 saturated carbocycles. The molecular formula is C4H5BrF2O3. The maximum Gasteiger partial charge on any atom is 0.505 e. The van der Waals surface area contributed by atoms with Gasteiger partial charge < -0.3 is 9.84 Å². The molecule has 1 N–H and O–H groups in total. The van der Waals surface area contributed by atoms with Crippen LogP contribution in [-0.2, 0) is 4.74 Å². The largest absolute Gasteiger partial charge is 0.505 e. The Morgan fingerprint density at radius 2 is 2.20 bits per heavy atom. The standard InChI is InChI=1S/C4H5BrF2O3/c5-4(6,7)1-2-10-3(8)9/h1-2H2,(H,8,9). The molecule has 0 aromatic carbocycles. The first-order chi connectivity index (χ1) is 4.42. The van der Waals surface area contributed by atoms with Crippen molar-refractivity contribution in [1.82, 2.24) is 0 Å². The molecule has 0 atom stereocenters. The van der Waals surface area contributed by atoms with E-state index in [-0.39, 0.29) is 0 Å². The zero-order chi connectivity index (χ0) is 8.20. The lowest BCUT2D eigenvalue weighted by molar-refractivity contribution is 0.0491. The summed E-state index contributed by atoms with van der Waals surface area (Å²) >= 11 is 2.02. The lowest BCUT2D eigenvalue weighted by Crippen LogP contribution is -2.11. The molecule has 0 aliphatic heterocycles. The summed E-state index contributed by atoms with van der Waals surface area (Å²) < 4.78 is 27.5. The van der Waals surface area contributed by atoms with Gasteiger partial charge in [-0.2, -0.15) is 8.78 Å². The predicted molar refractivity (Wildman–Crippen MR) is 32.5 cm³/mol. The molecule has 0 aromatic heterocycles. The number of hydrogen-bond acceptors (Lipinski definition) is 2. The van der Waals surface area contributed by atoms with Gasteiger partial charge in [-0.15, -0.1) is 0 Å². The number of ether oxygens (including phenoxy) is 1. The van der Waals surface area contributed by atoms with Crippen LogP contribution < -0.4 is 0 Å². The maximum atomic E-state index is 11.8. The Morgan fingerprint density at radius 1 is 1.70 bits per heavy atom. The zero-order valence-corrected chi connectivity index (χ0v) is 6.40. The normalized spacial score (nSPS) is 11.1. The highest BCUT2D eigenvalue weighted by atomic mass is 79.9. The Kier molecular flexibility index (Phi) is 3.55. The van der Waals surface area contributed by atoms with Gasteiger partial charge in [-0.25, -0.2) is 4.79 Å². The molecule has 0 spiro atoms. The van der Waals surface area contributed by atoms with Crippen LogP contribution in [0.3, 0.4) is 0 Å². The summed E-state index contributed by atoms with van der Waals surface area (Å²) in [6, 6.07) is 0. The van der Waals surface area contributed by atoms with E-state index in [1.165, 1.54) is 0 Å². The molecule has 6 heteroatoms. The topological polar surface area (TPSA) is 46.5 Å². The monoisotopic (exact) mass is 218 g/mol. The molecule has 0 aliphatic rings. The van der Waals surface area contributed by atoms with Crippen LogP contribution in [0.4, 0.5) is 13.6 Å². The fraction of sp³-hybridized carbons (Fsp3) is 0.750. The third kappa shape index (κ3) is 7.61. The van der Waals surface area contributed by atoms with Crippen molar-refractivity contribution < 1.29 is 23.4 Å². The molecule has 0 rings (SSSR count). The van der Waals surface area contributed by atoms with E-state index in [4.69, 9.17) is 5.11 Å². The van der Waals surface area contributed by atoms with Crippen LogP contribution in [-0.4, -0.2) is 22.7 Å². The molecule has 0 bridgehead atoms. The number of alkyl halides is 3. The van der Waals surface area contributed by atoms with Crippen molar-refractivity contribution in [3.8, 4) is 0 Å². The van der Waals surface area contributed by atoms with Crippen molar-refractivity contribution in [2.45, 2.75) is 11.3 Å². The van der Waals surface area contributed by atoms with Gasteiger partial charge in [0.15, 0.2) is 0 Å². The Bertz CT molecular complexity index is 122. The van der Waals surface area contributed by atoms with Crippen LogP contribution in [0.2, 0.25) is 0 Å². The van der Waals surface area contributed by atoms with E-state index < -0.39 is 24.0 Å². The van der Waals surface area contributed by atoms with Gasteiger partial charge in [-0.05, 0) is 15.9 Å². The molecule has 10 heavy (non-hydrogen) atoms. The highest BCUT2D eigenvalue weighted by Gasteiger charge is 2.23. The molecule has 0 heterocycles. The van der Waals surface area contributed by atoms with Crippen LogP contribution >= 0.6 is 15.9 Å². The van der Waals surface area contributed by atoms with Crippen molar-refractivity contribution in [1.29, 1.82) is 0 Å². The van der Waals surface area contributed by atoms with Crippen molar-refractivity contribution in [2.75, 3.05) is 6.61 Å². The van der Waals surface area contributed by atoms with Gasteiger partial charge in [-0.3, -0.25) is 0 Å². The van der Waals surface area contributed by atoms with Gasteiger partial charge >= 0.3 is 11.0 Å². The van der Waals surface area contributed by atoms with Gasteiger partial charge in [0.05, 0.1) is 6.42 Å². The second kappa shape index (κ2) is 3.70. The van der Waals surface area contributed by atoms with Crippen LogP contribution in [0.25, 0.3) is 0 Å². The minimum absolute atomic E-state index is 0.506. The molecular weight excluding hydrogens is 214 g/mol. The summed E-state index contributed by atoms with van der Waals surface area (Å²) in [4.78, 5) is 6.56. The lowest BCUT2D eigenvalue weighted by Gasteiger charge is -2.05. The van der Waals surface area contributed by atoms with Crippen LogP contribution in [0, 0.1) is 0 Å². The average Bonchev–Trinajstić information content (AvgIpc) is 1.59. The summed E-state index contributed by atoms with van der Waals surface area (Å²) in [5.41, 5.74) is 0. The fourth-order valence-electron chi connectivity index (χ4n) is 0.254. The first-order valence-corrected chi connectivity index (χ1v) is 3.13. The summed E-state index contributed by atoms with van der Waals surface area (Å²) in [5.74, 6) is 0. The molecule has 60 valence electrons. The zero-order valence-electron chi connectivity index (χ0n) is 4.81. The summed E-state index contributed by atoms with van der Waals surface area (Å²) in [6.07, 6.45) is -2.20. The quantitative estimate of drug-likeness (QED) is 0.583. The van der Waals surface area contributed by atoms with E-state index in [2.05, 4.69) is 4.74 Å². The Labute approximate surface area is 64.1 Å². The minimum Gasteiger partial charge on any atom is -0.450 e. The third-order valence-corrected chi connectivity index (χ3v) is 1.01. The number of halogens is 3. The summed E-state index contributed by atoms with van der Waals surface area (Å²) in [5, 5.41) is 7.83. The smallest absolute Gasteiger partial charge is 0.450 e. The average molecular weight is 219 g/mol. The maximum absolute atomic E-state index is 11.8. The van der Waals surface area contributed by atoms with Crippen LogP contribution in [0.1, 0.15) is 6.42 Å². The van der Waals surface area contributed by atoms with Gasteiger partial charge in [0.2, 0.25) is 0 Å². The molecule has 0 saturated heterocycles. The Balaban J connectivity index is 3.29. The first-order valence-electron chi connectivity index (χ1n) is 2.34. The number of carboxylic acid groups (broad SMARTS) is 1. The molecule has 0 aliphatic carbocycles. The van der Waals surface area contributed by atoms with E-state index >= 15 is 0 Å². The van der Waals surface area contributed by atoms with Gasteiger partial charge in [-0.1, -0.05) is 0 Å². The van der Waals surface area contributed by atoms with Crippen molar-refractivity contribution >= 4 is 22.1 Å².